The second-order valence-corrected chi connectivity index (χ2v) is 4.44. The Morgan fingerprint density at radius 3 is 2.88 bits per heavy atom. The molecule has 1 atom stereocenters. The zero-order chi connectivity index (χ0) is 12.7. The third-order valence-electron chi connectivity index (χ3n) is 2.86. The maximum atomic E-state index is 11.2. The molecular weight excluding hydrogens is 218 g/mol. The molecule has 0 bridgehead atoms. The molecule has 5 heteroatoms. The van der Waals surface area contributed by atoms with Gasteiger partial charge in [0, 0.05) is 18.9 Å². The number of nitrogens with one attached hydrogen (secondary N) is 1. The van der Waals surface area contributed by atoms with E-state index in [4.69, 9.17) is 0 Å². The highest BCUT2D eigenvalue weighted by molar-refractivity contribution is 5.78. The van der Waals surface area contributed by atoms with Gasteiger partial charge in [-0.05, 0) is 38.8 Å². The highest BCUT2D eigenvalue weighted by atomic mass is 16.4. The number of carboxylic acids is 1. The Morgan fingerprint density at radius 2 is 2.35 bits per heavy atom. The van der Waals surface area contributed by atoms with E-state index in [1.807, 2.05) is 23.9 Å². The molecule has 0 saturated heterocycles. The molecule has 0 aliphatic carbocycles. The van der Waals surface area contributed by atoms with Gasteiger partial charge in [-0.1, -0.05) is 6.92 Å². The van der Waals surface area contributed by atoms with Crippen LogP contribution in [0.5, 0.6) is 0 Å². The van der Waals surface area contributed by atoms with Crippen LogP contribution in [-0.4, -0.2) is 32.9 Å². The first-order valence-electron chi connectivity index (χ1n) is 6.04. The number of aliphatic carboxylic acids is 1. The maximum absolute atomic E-state index is 11.2. The predicted molar refractivity (Wildman–Crippen MR) is 65.8 cm³/mol. The predicted octanol–water partition coefficient (Wildman–Crippen LogP) is 1.51. The fraction of sp³-hybridized carbons (Fsp3) is 0.667. The molecule has 1 heterocycles. The molecule has 17 heavy (non-hydrogen) atoms. The summed E-state index contributed by atoms with van der Waals surface area (Å²) in [5.74, 6) is -0.786. The Morgan fingerprint density at radius 1 is 1.59 bits per heavy atom. The van der Waals surface area contributed by atoms with Gasteiger partial charge < -0.3 is 10.4 Å². The molecule has 0 aromatic carbocycles. The highest BCUT2D eigenvalue weighted by Crippen LogP contribution is 2.13. The molecule has 1 unspecified atom stereocenters. The van der Waals surface area contributed by atoms with Crippen LogP contribution in [0.2, 0.25) is 0 Å². The van der Waals surface area contributed by atoms with E-state index in [0.29, 0.717) is 6.42 Å². The number of hydrogen-bond acceptors (Lipinski definition) is 3. The first-order valence-corrected chi connectivity index (χ1v) is 6.04. The van der Waals surface area contributed by atoms with Gasteiger partial charge >= 0.3 is 5.97 Å². The Balaban J connectivity index is 2.41. The summed E-state index contributed by atoms with van der Waals surface area (Å²) >= 11 is 0. The molecule has 1 rings (SSSR count). The van der Waals surface area contributed by atoms with Crippen LogP contribution in [0.3, 0.4) is 0 Å². The standard InChI is InChI=1S/C12H21N3O2/c1-3-7-13-12(2,11(16)17)6-4-9-15-10-5-8-14-15/h5,8,10,13H,3-4,6-7,9H2,1-2H3,(H,16,17). The van der Waals surface area contributed by atoms with Gasteiger partial charge in [0.15, 0.2) is 0 Å². The summed E-state index contributed by atoms with van der Waals surface area (Å²) in [5.41, 5.74) is -0.830. The maximum Gasteiger partial charge on any atom is 0.323 e. The summed E-state index contributed by atoms with van der Waals surface area (Å²) in [6.45, 7) is 5.25. The highest BCUT2D eigenvalue weighted by Gasteiger charge is 2.31. The lowest BCUT2D eigenvalue weighted by molar-refractivity contribution is -0.144. The van der Waals surface area contributed by atoms with Crippen LogP contribution < -0.4 is 5.32 Å². The molecule has 2 N–H and O–H groups in total. The van der Waals surface area contributed by atoms with E-state index in [2.05, 4.69) is 10.4 Å². The normalized spacial score (nSPS) is 14.5. The number of rotatable bonds is 8. The smallest absolute Gasteiger partial charge is 0.323 e. The minimum Gasteiger partial charge on any atom is -0.480 e. The van der Waals surface area contributed by atoms with Crippen molar-refractivity contribution in [1.29, 1.82) is 0 Å². The summed E-state index contributed by atoms with van der Waals surface area (Å²) in [6.07, 6.45) is 5.94. The van der Waals surface area contributed by atoms with Crippen LogP contribution in [-0.2, 0) is 11.3 Å². The molecule has 96 valence electrons. The number of carbonyl (C=O) groups is 1. The van der Waals surface area contributed by atoms with Gasteiger partial charge in [-0.3, -0.25) is 9.48 Å². The van der Waals surface area contributed by atoms with Crippen molar-refractivity contribution in [2.75, 3.05) is 6.54 Å². The lowest BCUT2D eigenvalue weighted by Gasteiger charge is -2.26. The third kappa shape index (κ3) is 4.19. The zero-order valence-corrected chi connectivity index (χ0v) is 10.5. The topological polar surface area (TPSA) is 67.2 Å². The number of nitrogens with zero attached hydrogens (tertiary/aromatic N) is 2. The first kappa shape index (κ1) is 13.7. The van der Waals surface area contributed by atoms with Crippen molar-refractivity contribution >= 4 is 5.97 Å². The van der Waals surface area contributed by atoms with Crippen LogP contribution in [0.25, 0.3) is 0 Å². The molecule has 0 saturated carbocycles. The van der Waals surface area contributed by atoms with Crippen molar-refractivity contribution in [3.8, 4) is 0 Å². The molecule has 0 amide bonds. The van der Waals surface area contributed by atoms with Crippen LogP contribution in [0, 0.1) is 0 Å². The Bertz CT molecular complexity index is 338. The Labute approximate surface area is 102 Å². The van der Waals surface area contributed by atoms with E-state index < -0.39 is 11.5 Å². The Kier molecular flexibility index (Phi) is 5.15. The average molecular weight is 239 g/mol. The van der Waals surface area contributed by atoms with Gasteiger partial charge in [-0.25, -0.2) is 0 Å². The van der Waals surface area contributed by atoms with Crippen LogP contribution in [0.4, 0.5) is 0 Å². The van der Waals surface area contributed by atoms with Crippen molar-refractivity contribution in [3.63, 3.8) is 0 Å². The Hall–Kier alpha value is -1.36. The van der Waals surface area contributed by atoms with Gasteiger partial charge in [0.05, 0.1) is 0 Å². The van der Waals surface area contributed by atoms with E-state index in [-0.39, 0.29) is 0 Å². The number of aryl methyl sites for hydroxylation is 1. The minimum absolute atomic E-state index is 0.599. The fourth-order valence-corrected chi connectivity index (χ4v) is 1.70. The summed E-state index contributed by atoms with van der Waals surface area (Å²) in [6, 6.07) is 1.87. The summed E-state index contributed by atoms with van der Waals surface area (Å²) in [4.78, 5) is 11.2. The van der Waals surface area contributed by atoms with Gasteiger partial charge in [0.25, 0.3) is 0 Å². The van der Waals surface area contributed by atoms with E-state index in [1.54, 1.807) is 13.1 Å². The van der Waals surface area contributed by atoms with Crippen LogP contribution in [0.15, 0.2) is 18.5 Å². The quantitative estimate of drug-likeness (QED) is 0.721. The third-order valence-corrected chi connectivity index (χ3v) is 2.86. The molecule has 1 aromatic rings. The van der Waals surface area contributed by atoms with Gasteiger partial charge in [-0.15, -0.1) is 0 Å². The largest absolute Gasteiger partial charge is 0.480 e. The lowest BCUT2D eigenvalue weighted by Crippen LogP contribution is -2.49. The van der Waals surface area contributed by atoms with Crippen LogP contribution in [0.1, 0.15) is 33.1 Å². The van der Waals surface area contributed by atoms with Crippen molar-refractivity contribution in [2.45, 2.75) is 45.2 Å². The van der Waals surface area contributed by atoms with Crippen molar-refractivity contribution in [2.24, 2.45) is 0 Å². The average Bonchev–Trinajstić information content (AvgIpc) is 2.79. The number of hydrogen-bond donors (Lipinski definition) is 2. The van der Waals surface area contributed by atoms with Crippen molar-refractivity contribution in [3.05, 3.63) is 18.5 Å². The van der Waals surface area contributed by atoms with E-state index in [9.17, 15) is 9.90 Å². The van der Waals surface area contributed by atoms with E-state index in [0.717, 1.165) is 25.9 Å². The lowest BCUT2D eigenvalue weighted by atomic mass is 9.95. The second-order valence-electron chi connectivity index (χ2n) is 4.44. The molecule has 0 radical (unpaired) electrons. The monoisotopic (exact) mass is 239 g/mol. The molecule has 0 spiro atoms. The fourth-order valence-electron chi connectivity index (χ4n) is 1.70. The summed E-state index contributed by atoms with van der Waals surface area (Å²) < 4.78 is 1.82. The first-order chi connectivity index (χ1) is 8.08. The molecule has 1 aromatic heterocycles. The molecule has 0 aliphatic heterocycles. The van der Waals surface area contributed by atoms with Gasteiger partial charge in [-0.2, -0.15) is 5.10 Å². The van der Waals surface area contributed by atoms with Gasteiger partial charge in [0.1, 0.15) is 5.54 Å². The minimum atomic E-state index is -0.830. The molecule has 5 nitrogen and oxygen atoms in total. The molecule has 0 fully saturated rings. The zero-order valence-electron chi connectivity index (χ0n) is 10.5. The van der Waals surface area contributed by atoms with Crippen molar-refractivity contribution < 1.29 is 9.90 Å². The second kappa shape index (κ2) is 6.39. The number of aromatic nitrogens is 2. The number of carboxylic acid groups (broad SMARTS) is 1. The van der Waals surface area contributed by atoms with Gasteiger partial charge in [0.2, 0.25) is 0 Å². The summed E-state index contributed by atoms with van der Waals surface area (Å²) in [7, 11) is 0. The van der Waals surface area contributed by atoms with Crippen LogP contribution >= 0.6 is 0 Å². The molecule has 0 aliphatic rings. The SMILES string of the molecule is CCCNC(C)(CCCn1cccn1)C(=O)O. The summed E-state index contributed by atoms with van der Waals surface area (Å²) in [5, 5.41) is 16.4. The van der Waals surface area contributed by atoms with E-state index >= 15 is 0 Å². The molecular formula is C12H21N3O2. The van der Waals surface area contributed by atoms with E-state index in [1.165, 1.54) is 0 Å². The van der Waals surface area contributed by atoms with Crippen molar-refractivity contribution in [1.82, 2.24) is 15.1 Å².